The van der Waals surface area contributed by atoms with Gasteiger partial charge in [-0.2, -0.15) is 4.39 Å². The Balaban J connectivity index is 3.36. The largest absolute Gasteiger partial charge is 0.481 e. The molecule has 0 aliphatic rings. The molecule has 0 radical (unpaired) electrons. The molecule has 1 aromatic heterocycles. The van der Waals surface area contributed by atoms with Gasteiger partial charge in [-0.1, -0.05) is 0 Å². The van der Waals surface area contributed by atoms with Crippen molar-refractivity contribution in [1.29, 1.82) is 0 Å². The van der Waals surface area contributed by atoms with Gasteiger partial charge >= 0.3 is 11.7 Å². The highest BCUT2D eigenvalue weighted by Crippen LogP contribution is 2.26. The van der Waals surface area contributed by atoms with E-state index < -0.39 is 46.6 Å². The van der Waals surface area contributed by atoms with E-state index in [4.69, 9.17) is 5.11 Å². The van der Waals surface area contributed by atoms with Crippen molar-refractivity contribution in [3.63, 3.8) is 0 Å². The first-order chi connectivity index (χ1) is 7.82. The molecule has 9 heteroatoms. The number of hydrogen-bond acceptors (Lipinski definition) is 4. The van der Waals surface area contributed by atoms with E-state index in [9.17, 15) is 28.1 Å². The summed E-state index contributed by atoms with van der Waals surface area (Å²) in [5.41, 5.74) is -2.82. The molecule has 0 spiro atoms. The topological polar surface area (TPSA) is 93.3 Å². The number of carboxylic acid groups (broad SMARTS) is 1. The number of alkyl halides is 2. The first-order valence-corrected chi connectivity index (χ1v) is 4.16. The standard InChI is InChI=1S/C8H5F3N2O4/c9-7(10)6-3(2-5(14)15)1-4(13(16)17)8(11)12-6/h1,7H,2H2,(H,14,15). The zero-order valence-electron chi connectivity index (χ0n) is 8.06. The molecule has 0 aliphatic heterocycles. The summed E-state index contributed by atoms with van der Waals surface area (Å²) in [7, 11) is 0. The van der Waals surface area contributed by atoms with Gasteiger partial charge in [-0.15, -0.1) is 0 Å². The molecule has 0 atom stereocenters. The normalized spacial score (nSPS) is 10.6. The van der Waals surface area contributed by atoms with Crippen molar-refractivity contribution in [1.82, 2.24) is 4.98 Å². The number of aromatic nitrogens is 1. The Morgan fingerprint density at radius 3 is 2.59 bits per heavy atom. The average molecular weight is 250 g/mol. The summed E-state index contributed by atoms with van der Waals surface area (Å²) in [4.78, 5) is 22.3. The minimum atomic E-state index is -3.21. The quantitative estimate of drug-likeness (QED) is 0.498. The number of hydrogen-bond donors (Lipinski definition) is 1. The lowest BCUT2D eigenvalue weighted by atomic mass is 10.1. The van der Waals surface area contributed by atoms with Gasteiger partial charge in [0.2, 0.25) is 0 Å². The first-order valence-electron chi connectivity index (χ1n) is 4.16. The molecule has 0 saturated carbocycles. The molecule has 0 aliphatic carbocycles. The van der Waals surface area contributed by atoms with Crippen LogP contribution in [-0.4, -0.2) is 21.0 Å². The van der Waals surface area contributed by atoms with E-state index >= 15 is 0 Å². The van der Waals surface area contributed by atoms with Crippen molar-refractivity contribution >= 4 is 11.7 Å². The van der Waals surface area contributed by atoms with Crippen molar-refractivity contribution in [2.75, 3.05) is 0 Å². The van der Waals surface area contributed by atoms with Crippen LogP contribution in [0, 0.1) is 16.1 Å². The zero-order valence-corrected chi connectivity index (χ0v) is 8.06. The Kier molecular flexibility index (Phi) is 3.61. The molecule has 0 aromatic carbocycles. The second-order valence-corrected chi connectivity index (χ2v) is 2.97. The van der Waals surface area contributed by atoms with E-state index in [1.54, 1.807) is 0 Å². The van der Waals surface area contributed by atoms with E-state index in [0.29, 0.717) is 6.07 Å². The van der Waals surface area contributed by atoms with Crippen LogP contribution in [0.2, 0.25) is 0 Å². The fraction of sp³-hybridized carbons (Fsp3) is 0.250. The summed E-state index contributed by atoms with van der Waals surface area (Å²) < 4.78 is 37.7. The molecule has 1 heterocycles. The van der Waals surface area contributed by atoms with Gasteiger partial charge in [-0.25, -0.2) is 13.8 Å². The number of pyridine rings is 1. The van der Waals surface area contributed by atoms with Gasteiger partial charge < -0.3 is 5.11 Å². The molecule has 1 aromatic rings. The van der Waals surface area contributed by atoms with Crippen LogP contribution < -0.4 is 0 Å². The lowest BCUT2D eigenvalue weighted by Gasteiger charge is -2.06. The number of nitro groups is 1. The molecule has 1 rings (SSSR count). The minimum Gasteiger partial charge on any atom is -0.481 e. The third-order valence-corrected chi connectivity index (χ3v) is 1.81. The number of nitrogens with zero attached hydrogens (tertiary/aromatic N) is 2. The lowest BCUT2D eigenvalue weighted by molar-refractivity contribution is -0.388. The van der Waals surface area contributed by atoms with Crippen LogP contribution >= 0.6 is 0 Å². The van der Waals surface area contributed by atoms with Crippen LogP contribution in [0.5, 0.6) is 0 Å². The second kappa shape index (κ2) is 4.76. The van der Waals surface area contributed by atoms with E-state index in [2.05, 4.69) is 4.98 Å². The Hall–Kier alpha value is -2.19. The maximum absolute atomic E-state index is 12.9. The summed E-state index contributed by atoms with van der Waals surface area (Å²) in [6.07, 6.45) is -4.10. The number of carbonyl (C=O) groups is 1. The fourth-order valence-electron chi connectivity index (χ4n) is 1.15. The monoisotopic (exact) mass is 250 g/mol. The van der Waals surface area contributed by atoms with Crippen LogP contribution in [0.25, 0.3) is 0 Å². The summed E-state index contributed by atoms with van der Waals surface area (Å²) in [6.45, 7) is 0. The van der Waals surface area contributed by atoms with Gasteiger partial charge in [-0.05, 0) is 5.56 Å². The number of aliphatic carboxylic acids is 1. The highest BCUT2D eigenvalue weighted by atomic mass is 19.3. The molecule has 0 fully saturated rings. The van der Waals surface area contributed by atoms with Gasteiger partial charge in [0.05, 0.1) is 11.3 Å². The van der Waals surface area contributed by atoms with Gasteiger partial charge in [0, 0.05) is 6.07 Å². The highest BCUT2D eigenvalue weighted by Gasteiger charge is 2.25. The van der Waals surface area contributed by atoms with Gasteiger partial charge in [0.25, 0.3) is 12.4 Å². The maximum atomic E-state index is 12.9. The second-order valence-electron chi connectivity index (χ2n) is 2.97. The molecule has 0 amide bonds. The lowest BCUT2D eigenvalue weighted by Crippen LogP contribution is -2.09. The third kappa shape index (κ3) is 2.89. The summed E-state index contributed by atoms with van der Waals surface area (Å²) in [6, 6.07) is 0.456. The van der Waals surface area contributed by atoms with Crippen LogP contribution in [0.3, 0.4) is 0 Å². The predicted octanol–water partition coefficient (Wildman–Crippen LogP) is 1.69. The van der Waals surface area contributed by atoms with Crippen molar-refractivity contribution in [3.8, 4) is 0 Å². The van der Waals surface area contributed by atoms with Gasteiger partial charge in [0.15, 0.2) is 0 Å². The fourth-order valence-corrected chi connectivity index (χ4v) is 1.15. The predicted molar refractivity (Wildman–Crippen MR) is 47.1 cm³/mol. The summed E-state index contributed by atoms with van der Waals surface area (Å²) >= 11 is 0. The van der Waals surface area contributed by atoms with Gasteiger partial charge in [-0.3, -0.25) is 14.9 Å². The Morgan fingerprint density at radius 2 is 2.18 bits per heavy atom. The van der Waals surface area contributed by atoms with Crippen molar-refractivity contribution in [2.45, 2.75) is 12.8 Å². The van der Waals surface area contributed by atoms with Crippen LogP contribution in [0.15, 0.2) is 6.07 Å². The maximum Gasteiger partial charge on any atom is 0.324 e. The molecule has 0 unspecified atom stereocenters. The number of rotatable bonds is 4. The SMILES string of the molecule is O=C(O)Cc1cc([N+](=O)[O-])c(F)nc1C(F)F. The van der Waals surface area contributed by atoms with E-state index in [1.165, 1.54) is 0 Å². The molecule has 0 saturated heterocycles. The van der Waals surface area contributed by atoms with Crippen LogP contribution in [-0.2, 0) is 11.2 Å². The van der Waals surface area contributed by atoms with E-state index in [1.807, 2.05) is 0 Å². The summed E-state index contributed by atoms with van der Waals surface area (Å²) in [5, 5.41) is 18.8. The average Bonchev–Trinajstić information content (AvgIpc) is 2.18. The minimum absolute atomic E-state index is 0.456. The number of carboxylic acids is 1. The molecule has 17 heavy (non-hydrogen) atoms. The third-order valence-electron chi connectivity index (χ3n) is 1.81. The van der Waals surface area contributed by atoms with Crippen molar-refractivity contribution < 1.29 is 28.0 Å². The molecular weight excluding hydrogens is 245 g/mol. The first kappa shape index (κ1) is 12.9. The molecule has 0 bridgehead atoms. The molecule has 92 valence electrons. The molecule has 6 nitrogen and oxygen atoms in total. The van der Waals surface area contributed by atoms with E-state index in [-0.39, 0.29) is 0 Å². The van der Waals surface area contributed by atoms with E-state index in [0.717, 1.165) is 0 Å². The van der Waals surface area contributed by atoms with Crippen molar-refractivity contribution in [2.24, 2.45) is 0 Å². The number of halogens is 3. The molecular formula is C8H5F3N2O4. The smallest absolute Gasteiger partial charge is 0.324 e. The van der Waals surface area contributed by atoms with Gasteiger partial charge in [0.1, 0.15) is 5.69 Å². The molecule has 1 N–H and O–H groups in total. The highest BCUT2D eigenvalue weighted by molar-refractivity contribution is 5.71. The van der Waals surface area contributed by atoms with Crippen molar-refractivity contribution in [3.05, 3.63) is 33.4 Å². The van der Waals surface area contributed by atoms with Crippen LogP contribution in [0.1, 0.15) is 17.7 Å². The Bertz CT molecular complexity index is 478. The Morgan fingerprint density at radius 1 is 1.59 bits per heavy atom. The van der Waals surface area contributed by atoms with Crippen LogP contribution in [0.4, 0.5) is 18.9 Å². The zero-order chi connectivity index (χ0) is 13.2. The summed E-state index contributed by atoms with van der Waals surface area (Å²) in [5.74, 6) is -3.14. The Labute approximate surface area is 91.9 Å².